The largest absolute Gasteiger partial charge is 0.393 e. The zero-order valence-electron chi connectivity index (χ0n) is 10.9. The highest BCUT2D eigenvalue weighted by Crippen LogP contribution is 2.44. The van der Waals surface area contributed by atoms with Gasteiger partial charge in [0.1, 0.15) is 11.8 Å². The number of hydrogen-bond donors (Lipinski definition) is 3. The second kappa shape index (κ2) is 4.52. The van der Waals surface area contributed by atoms with E-state index in [2.05, 4.69) is 4.98 Å². The zero-order valence-corrected chi connectivity index (χ0v) is 10.9. The van der Waals surface area contributed by atoms with Gasteiger partial charge in [0.25, 0.3) is 5.56 Å². The van der Waals surface area contributed by atoms with Crippen LogP contribution in [0.4, 0.5) is 0 Å². The van der Waals surface area contributed by atoms with Crippen LogP contribution in [0.1, 0.15) is 11.8 Å². The fraction of sp³-hybridized carbons (Fsp3) is 0.667. The number of hydrogen-bond acceptors (Lipinski definition) is 6. The number of aliphatic hydroxyl groups excluding tert-OH is 2. The van der Waals surface area contributed by atoms with Crippen LogP contribution in [0, 0.1) is 12.8 Å². The smallest absolute Gasteiger partial charge is 0.330 e. The van der Waals surface area contributed by atoms with E-state index in [1.54, 1.807) is 6.92 Å². The number of rotatable bonds is 2. The van der Waals surface area contributed by atoms with Crippen LogP contribution in [0.2, 0.25) is 0 Å². The summed E-state index contributed by atoms with van der Waals surface area (Å²) < 4.78 is 12.3. The maximum absolute atomic E-state index is 11.9. The van der Waals surface area contributed by atoms with E-state index >= 15 is 0 Å². The molecular weight excluding hydrogens is 268 g/mol. The van der Waals surface area contributed by atoms with Gasteiger partial charge in [-0.1, -0.05) is 0 Å². The highest BCUT2D eigenvalue weighted by Gasteiger charge is 2.58. The van der Waals surface area contributed by atoms with Gasteiger partial charge in [-0.15, -0.1) is 0 Å². The van der Waals surface area contributed by atoms with E-state index in [0.717, 1.165) is 0 Å². The first-order valence-corrected chi connectivity index (χ1v) is 6.35. The number of aromatic nitrogens is 2. The van der Waals surface area contributed by atoms with Crippen LogP contribution in [0.25, 0.3) is 0 Å². The van der Waals surface area contributed by atoms with Crippen LogP contribution in [-0.4, -0.2) is 51.3 Å². The number of fused-ring (bicyclic) bond motifs is 2. The zero-order chi connectivity index (χ0) is 14.5. The molecule has 0 aliphatic carbocycles. The predicted octanol–water partition coefficient (Wildman–Crippen LogP) is -1.89. The van der Waals surface area contributed by atoms with E-state index in [9.17, 15) is 19.8 Å². The highest BCUT2D eigenvalue weighted by molar-refractivity contribution is 5.07. The molecule has 1 aromatic rings. The molecule has 0 unspecified atom stereocenters. The summed E-state index contributed by atoms with van der Waals surface area (Å²) in [6, 6.07) is 0. The van der Waals surface area contributed by atoms with Crippen LogP contribution in [0.3, 0.4) is 0 Å². The van der Waals surface area contributed by atoms with E-state index in [1.807, 2.05) is 0 Å². The molecule has 0 spiro atoms. The van der Waals surface area contributed by atoms with Crippen molar-refractivity contribution in [1.82, 2.24) is 9.55 Å². The van der Waals surface area contributed by atoms with Gasteiger partial charge in [0.05, 0.1) is 31.8 Å². The second-order valence-corrected chi connectivity index (χ2v) is 5.33. The predicted molar refractivity (Wildman–Crippen MR) is 66.3 cm³/mol. The van der Waals surface area contributed by atoms with E-state index < -0.39 is 41.7 Å². The molecule has 0 amide bonds. The van der Waals surface area contributed by atoms with Crippen LogP contribution >= 0.6 is 0 Å². The Labute approximate surface area is 113 Å². The summed E-state index contributed by atoms with van der Waals surface area (Å²) in [6.07, 6.45) is -0.308. The average molecular weight is 284 g/mol. The summed E-state index contributed by atoms with van der Waals surface area (Å²) in [5, 5.41) is 19.7. The molecule has 2 aliphatic heterocycles. The van der Waals surface area contributed by atoms with Gasteiger partial charge in [-0.25, -0.2) is 4.79 Å². The van der Waals surface area contributed by atoms with E-state index in [0.29, 0.717) is 5.56 Å². The molecule has 0 saturated carbocycles. The maximum atomic E-state index is 11.9. The molecule has 2 fully saturated rings. The highest BCUT2D eigenvalue weighted by atomic mass is 16.6. The summed E-state index contributed by atoms with van der Waals surface area (Å²) >= 11 is 0. The second-order valence-electron chi connectivity index (χ2n) is 5.33. The van der Waals surface area contributed by atoms with Gasteiger partial charge in [0.2, 0.25) is 0 Å². The molecule has 110 valence electrons. The Bertz CT molecular complexity index is 638. The van der Waals surface area contributed by atoms with Gasteiger partial charge in [0, 0.05) is 11.8 Å². The van der Waals surface area contributed by atoms with Crippen LogP contribution < -0.4 is 11.2 Å². The van der Waals surface area contributed by atoms with Crippen molar-refractivity contribution in [1.29, 1.82) is 0 Å². The fourth-order valence-corrected chi connectivity index (χ4v) is 2.82. The van der Waals surface area contributed by atoms with E-state index in [4.69, 9.17) is 9.47 Å². The molecule has 0 radical (unpaired) electrons. The summed E-state index contributed by atoms with van der Waals surface area (Å²) in [4.78, 5) is 25.5. The molecule has 0 aromatic carbocycles. The van der Waals surface area contributed by atoms with E-state index in [-0.39, 0.29) is 13.2 Å². The number of ether oxygens (including phenoxy) is 2. The summed E-state index contributed by atoms with van der Waals surface area (Å²) in [5.41, 5.74) is -1.92. The lowest BCUT2D eigenvalue weighted by atomic mass is 9.89. The fourth-order valence-electron chi connectivity index (χ4n) is 2.82. The number of nitrogens with one attached hydrogen (secondary N) is 1. The molecule has 8 nitrogen and oxygen atoms in total. The Kier molecular flexibility index (Phi) is 3.05. The van der Waals surface area contributed by atoms with Crippen molar-refractivity contribution in [3.05, 3.63) is 32.6 Å². The van der Waals surface area contributed by atoms with Crippen molar-refractivity contribution in [2.75, 3.05) is 19.8 Å². The standard InChI is InChI=1S/C12H16N2O6/c1-6-2-14(11(18)13-9(6)17)10-7-3-19-5-12(4-15,20-10)8(7)16/h2,7-8,10,15-16H,3-5H2,1H3,(H,13,17,18)/t7-,8+,10-,12-/m1/s1. The van der Waals surface area contributed by atoms with Crippen LogP contribution in [-0.2, 0) is 9.47 Å². The van der Waals surface area contributed by atoms with Gasteiger partial charge in [-0.3, -0.25) is 14.3 Å². The van der Waals surface area contributed by atoms with Gasteiger partial charge in [-0.2, -0.15) is 0 Å². The Balaban J connectivity index is 2.06. The summed E-state index contributed by atoms with van der Waals surface area (Å²) in [5.74, 6) is -0.473. The van der Waals surface area contributed by atoms with Crippen molar-refractivity contribution in [3.63, 3.8) is 0 Å². The van der Waals surface area contributed by atoms with Crippen molar-refractivity contribution in [2.24, 2.45) is 5.92 Å². The molecular formula is C12H16N2O6. The number of aromatic amines is 1. The minimum atomic E-state index is -1.21. The maximum Gasteiger partial charge on any atom is 0.330 e. The Hall–Kier alpha value is -1.48. The van der Waals surface area contributed by atoms with Gasteiger partial charge in [0.15, 0.2) is 0 Å². The molecule has 3 N–H and O–H groups in total. The van der Waals surface area contributed by atoms with Crippen molar-refractivity contribution >= 4 is 0 Å². The van der Waals surface area contributed by atoms with E-state index in [1.165, 1.54) is 10.8 Å². The Morgan fingerprint density at radius 1 is 1.55 bits per heavy atom. The van der Waals surface area contributed by atoms with Crippen LogP contribution in [0.15, 0.2) is 15.8 Å². The molecule has 1 aromatic heterocycles. The molecule has 20 heavy (non-hydrogen) atoms. The van der Waals surface area contributed by atoms with Crippen molar-refractivity contribution < 1.29 is 19.7 Å². The monoisotopic (exact) mass is 284 g/mol. The Morgan fingerprint density at radius 3 is 2.95 bits per heavy atom. The average Bonchev–Trinajstić information content (AvgIpc) is 2.60. The Morgan fingerprint density at radius 2 is 2.30 bits per heavy atom. The molecule has 8 heteroatoms. The summed E-state index contributed by atoms with van der Waals surface area (Å²) in [6.45, 7) is 1.45. The molecule has 2 saturated heterocycles. The molecule has 2 aliphatic rings. The lowest BCUT2D eigenvalue weighted by Gasteiger charge is -2.33. The lowest BCUT2D eigenvalue weighted by Crippen LogP contribution is -2.52. The molecule has 3 heterocycles. The quantitative estimate of drug-likeness (QED) is 0.585. The first kappa shape index (κ1) is 13.5. The van der Waals surface area contributed by atoms with Gasteiger partial charge < -0.3 is 19.7 Å². The van der Waals surface area contributed by atoms with Gasteiger partial charge >= 0.3 is 5.69 Å². The third-order valence-electron chi connectivity index (χ3n) is 4.01. The normalized spacial score (nSPS) is 36.2. The minimum absolute atomic E-state index is 0.0642. The molecule has 3 rings (SSSR count). The third-order valence-corrected chi connectivity index (χ3v) is 4.01. The first-order valence-electron chi connectivity index (χ1n) is 6.35. The third kappa shape index (κ3) is 1.76. The minimum Gasteiger partial charge on any atom is -0.393 e. The SMILES string of the molecule is Cc1cn([C@@H]2O[C@]3(CO)COC[C@@H]2[C@@H]3O)c(=O)[nH]c1=O. The number of nitrogens with zero attached hydrogens (tertiary/aromatic N) is 1. The number of aryl methyl sites for hydroxylation is 1. The first-order chi connectivity index (χ1) is 9.48. The lowest BCUT2D eigenvalue weighted by molar-refractivity contribution is -0.163. The summed E-state index contributed by atoms with van der Waals surface area (Å²) in [7, 11) is 0. The van der Waals surface area contributed by atoms with Gasteiger partial charge in [-0.05, 0) is 6.92 Å². The number of aliphatic hydroxyl groups is 2. The molecule has 2 bridgehead atoms. The van der Waals surface area contributed by atoms with Crippen LogP contribution in [0.5, 0.6) is 0 Å². The number of H-pyrrole nitrogens is 1. The topological polar surface area (TPSA) is 114 Å². The van der Waals surface area contributed by atoms with Crippen molar-refractivity contribution in [2.45, 2.75) is 24.9 Å². The van der Waals surface area contributed by atoms with Crippen molar-refractivity contribution in [3.8, 4) is 0 Å². The molecule has 4 atom stereocenters.